The fourth-order valence-electron chi connectivity index (χ4n) is 1.12. The Kier molecular flexibility index (Phi) is 2.51. The van der Waals surface area contributed by atoms with E-state index in [2.05, 4.69) is 23.7 Å². The van der Waals surface area contributed by atoms with Crippen LogP contribution in [0.25, 0.3) is 0 Å². The lowest BCUT2D eigenvalue weighted by Gasteiger charge is -1.85. The Morgan fingerprint density at radius 1 is 0.786 bits per heavy atom. The van der Waals surface area contributed by atoms with Gasteiger partial charge in [-0.2, -0.15) is 48.2 Å². The smallest absolute Gasteiger partial charge is 0.0816 e. The van der Waals surface area contributed by atoms with Crippen LogP contribution in [0.1, 0.15) is 11.1 Å². The molecule has 0 radical (unpaired) electrons. The minimum absolute atomic E-state index is 1.02. The molecule has 0 fully saturated rings. The van der Waals surface area contributed by atoms with Crippen LogP contribution in [0.15, 0.2) is 48.5 Å². The van der Waals surface area contributed by atoms with Crippen molar-refractivity contribution in [1.29, 1.82) is 0 Å². The summed E-state index contributed by atoms with van der Waals surface area (Å²) in [4.78, 5) is 0. The summed E-state index contributed by atoms with van der Waals surface area (Å²) >= 11 is 0. The molecule has 66 valence electrons. The second kappa shape index (κ2) is 4.17. The molecular formula is C14H8-2. The molecule has 0 saturated carbocycles. The van der Waals surface area contributed by atoms with Gasteiger partial charge >= 0.3 is 0 Å². The summed E-state index contributed by atoms with van der Waals surface area (Å²) in [6.07, 6.45) is 0. The zero-order valence-electron chi connectivity index (χ0n) is 7.62. The second-order valence-corrected chi connectivity index (χ2v) is 2.85. The van der Waals surface area contributed by atoms with E-state index in [-0.39, 0.29) is 0 Å². The van der Waals surface area contributed by atoms with Crippen LogP contribution in [0.2, 0.25) is 0 Å². The van der Waals surface area contributed by atoms with Gasteiger partial charge in [0.05, 0.1) is 0 Å². The third-order valence-electron chi connectivity index (χ3n) is 1.80. The van der Waals surface area contributed by atoms with E-state index in [1.165, 1.54) is 0 Å². The maximum atomic E-state index is 2.96. The Morgan fingerprint density at radius 3 is 1.64 bits per heavy atom. The van der Waals surface area contributed by atoms with Crippen LogP contribution in [0.5, 0.6) is 0 Å². The molecule has 0 aliphatic heterocycles. The summed E-state index contributed by atoms with van der Waals surface area (Å²) in [5, 5.41) is 0. The van der Waals surface area contributed by atoms with Gasteiger partial charge in [-0.25, -0.2) is 0 Å². The van der Waals surface area contributed by atoms with Crippen molar-refractivity contribution < 1.29 is 0 Å². The molecule has 14 heavy (non-hydrogen) atoms. The lowest BCUT2D eigenvalue weighted by Crippen LogP contribution is -1.63. The van der Waals surface area contributed by atoms with Crippen LogP contribution in [0, 0.1) is 23.7 Å². The molecule has 0 aliphatic rings. The first-order chi connectivity index (χ1) is 6.95. The highest BCUT2D eigenvalue weighted by Gasteiger charge is 1.70. The summed E-state index contributed by atoms with van der Waals surface area (Å²) < 4.78 is 0. The molecule has 2 aromatic carbocycles. The van der Waals surface area contributed by atoms with Crippen molar-refractivity contribution in [3.63, 3.8) is 0 Å². The van der Waals surface area contributed by atoms with Gasteiger partial charge in [-0.3, -0.25) is 0 Å². The second-order valence-electron chi connectivity index (χ2n) is 2.85. The fraction of sp³-hybridized carbons (Fsp3) is 0. The zero-order chi connectivity index (χ0) is 9.64. The summed E-state index contributed by atoms with van der Waals surface area (Å²) in [7, 11) is 0. The highest BCUT2D eigenvalue weighted by atomic mass is 13.9. The van der Waals surface area contributed by atoms with Gasteiger partial charge in [-0.1, -0.05) is 11.8 Å². The van der Waals surface area contributed by atoms with Gasteiger partial charge in [0.1, 0.15) is 0 Å². The maximum Gasteiger partial charge on any atom is -0.0816 e. The van der Waals surface area contributed by atoms with Crippen molar-refractivity contribution in [2.45, 2.75) is 0 Å². The first kappa shape index (κ1) is 8.42. The minimum atomic E-state index is 1.02. The molecule has 2 aromatic rings. The SMILES string of the molecule is C(C#Cc1ccc[cH-]1)#Cc1ccc[cH-]1. The number of rotatable bonds is 0. The normalized spacial score (nSPS) is 8.29. The molecule has 0 nitrogen and oxygen atoms in total. The summed E-state index contributed by atoms with van der Waals surface area (Å²) in [6.45, 7) is 0. The van der Waals surface area contributed by atoms with Crippen LogP contribution in [-0.4, -0.2) is 0 Å². The van der Waals surface area contributed by atoms with Gasteiger partial charge in [0.25, 0.3) is 0 Å². The van der Waals surface area contributed by atoms with E-state index in [0.29, 0.717) is 0 Å². The van der Waals surface area contributed by atoms with Crippen molar-refractivity contribution in [1.82, 2.24) is 0 Å². The van der Waals surface area contributed by atoms with Crippen molar-refractivity contribution in [2.24, 2.45) is 0 Å². The van der Waals surface area contributed by atoms with Gasteiger partial charge in [0, 0.05) is 0 Å². The number of hydrogen-bond acceptors (Lipinski definition) is 0. The molecular weight excluding hydrogens is 168 g/mol. The minimum Gasteiger partial charge on any atom is -0.179 e. The van der Waals surface area contributed by atoms with Crippen molar-refractivity contribution in [3.8, 4) is 23.7 Å². The molecule has 0 aromatic heterocycles. The van der Waals surface area contributed by atoms with Crippen molar-refractivity contribution >= 4 is 0 Å². The highest BCUT2D eigenvalue weighted by Crippen LogP contribution is 1.96. The quantitative estimate of drug-likeness (QED) is 0.427. The van der Waals surface area contributed by atoms with Crippen LogP contribution in [0.4, 0.5) is 0 Å². The number of hydrogen-bond donors (Lipinski definition) is 0. The van der Waals surface area contributed by atoms with Crippen LogP contribution >= 0.6 is 0 Å². The Morgan fingerprint density at radius 2 is 1.29 bits per heavy atom. The predicted molar refractivity (Wildman–Crippen MR) is 57.8 cm³/mol. The van der Waals surface area contributed by atoms with E-state index in [9.17, 15) is 0 Å². The fourth-order valence-corrected chi connectivity index (χ4v) is 1.12. The molecule has 0 bridgehead atoms. The van der Waals surface area contributed by atoms with Gasteiger partial charge in [0.2, 0.25) is 0 Å². The highest BCUT2D eigenvalue weighted by molar-refractivity contribution is 5.44. The molecule has 0 unspecified atom stereocenters. The van der Waals surface area contributed by atoms with Gasteiger partial charge < -0.3 is 0 Å². The monoisotopic (exact) mass is 176 g/mol. The lowest BCUT2D eigenvalue weighted by atomic mass is 10.3. The van der Waals surface area contributed by atoms with E-state index in [4.69, 9.17) is 0 Å². The Balaban J connectivity index is 2.07. The zero-order valence-corrected chi connectivity index (χ0v) is 7.62. The largest absolute Gasteiger partial charge is 0.179 e. The van der Waals surface area contributed by atoms with Gasteiger partial charge in [-0.05, 0) is 0 Å². The third kappa shape index (κ3) is 2.16. The topological polar surface area (TPSA) is 0 Å². The van der Waals surface area contributed by atoms with E-state index in [1.54, 1.807) is 0 Å². The first-order valence-electron chi connectivity index (χ1n) is 4.40. The van der Waals surface area contributed by atoms with Gasteiger partial charge in [0.15, 0.2) is 0 Å². The molecule has 0 amide bonds. The summed E-state index contributed by atoms with van der Waals surface area (Å²) in [6, 6.07) is 15.7. The van der Waals surface area contributed by atoms with Crippen molar-refractivity contribution in [3.05, 3.63) is 59.7 Å². The lowest BCUT2D eigenvalue weighted by molar-refractivity contribution is 1.84. The van der Waals surface area contributed by atoms with Crippen molar-refractivity contribution in [2.75, 3.05) is 0 Å². The van der Waals surface area contributed by atoms with Crippen LogP contribution < -0.4 is 0 Å². The molecule has 0 saturated heterocycles. The van der Waals surface area contributed by atoms with E-state index >= 15 is 0 Å². The standard InChI is InChI=1S/C14H8/c1-2-8-13(7-1)11-5-6-12-14-9-3-4-10-14/h1-4,7-10H/q-2. The average Bonchev–Trinajstić information content (AvgIpc) is 2.86. The summed E-state index contributed by atoms with van der Waals surface area (Å²) in [5.74, 6) is 11.6. The molecule has 0 N–H and O–H groups in total. The molecule has 0 aliphatic carbocycles. The van der Waals surface area contributed by atoms with Crippen LogP contribution in [0.3, 0.4) is 0 Å². The maximum absolute atomic E-state index is 2.96. The van der Waals surface area contributed by atoms with E-state index in [0.717, 1.165) is 11.1 Å². The van der Waals surface area contributed by atoms with Gasteiger partial charge in [-0.15, -0.1) is 23.3 Å². The summed E-state index contributed by atoms with van der Waals surface area (Å²) in [5.41, 5.74) is 2.03. The van der Waals surface area contributed by atoms with E-state index in [1.807, 2.05) is 48.5 Å². The molecule has 0 spiro atoms. The third-order valence-corrected chi connectivity index (χ3v) is 1.80. The molecule has 0 atom stereocenters. The molecule has 0 heteroatoms. The van der Waals surface area contributed by atoms with Crippen LogP contribution in [-0.2, 0) is 0 Å². The predicted octanol–water partition coefficient (Wildman–Crippen LogP) is 2.53. The first-order valence-corrected chi connectivity index (χ1v) is 4.40. The Hall–Kier alpha value is -2.18. The molecule has 2 rings (SSSR count). The average molecular weight is 176 g/mol. The molecule has 0 heterocycles. The Bertz CT molecular complexity index is 438. The van der Waals surface area contributed by atoms with E-state index < -0.39 is 0 Å². The Labute approximate surface area is 83.9 Å².